The molecule has 4 N–H and O–H groups in total. The summed E-state index contributed by atoms with van der Waals surface area (Å²) in [7, 11) is 0. The summed E-state index contributed by atoms with van der Waals surface area (Å²) in [5.74, 6) is 7.05. The molecule has 9 spiro atoms. The number of rotatable bonds is 7. The van der Waals surface area contributed by atoms with Gasteiger partial charge in [0.05, 0.1) is 54.4 Å². The second kappa shape index (κ2) is 19.5. The highest BCUT2D eigenvalue weighted by Crippen LogP contribution is 2.94. The molecule has 1 aromatic heterocycles. The van der Waals surface area contributed by atoms with Gasteiger partial charge in [-0.2, -0.15) is 0 Å². The van der Waals surface area contributed by atoms with Crippen LogP contribution in [0.3, 0.4) is 0 Å². The second-order valence-electron chi connectivity index (χ2n) is 38.7. The Hall–Kier alpha value is -5.07. The van der Waals surface area contributed by atoms with Gasteiger partial charge in [0.2, 0.25) is 0 Å². The average molecular weight is 1350 g/mol. The van der Waals surface area contributed by atoms with E-state index in [4.69, 9.17) is 18.6 Å². The molecule has 100 heavy (non-hydrogen) atoms. The number of benzene rings is 1. The minimum Gasteiger partial charge on any atom is -0.469 e. The van der Waals surface area contributed by atoms with Gasteiger partial charge in [0.25, 0.3) is 0 Å². The number of esters is 2. The first kappa shape index (κ1) is 60.2. The van der Waals surface area contributed by atoms with Gasteiger partial charge in [0, 0.05) is 58.6 Å². The minimum atomic E-state index is -1.59. The number of aliphatic hydroxyl groups is 3. The molecular weight excluding hydrogens is 1250 g/mol. The monoisotopic (exact) mass is 1350 g/mol. The summed E-state index contributed by atoms with van der Waals surface area (Å²) in [6.45, 7) is 3.87. The number of allylic oxidation sites excluding steroid dienone is 6. The van der Waals surface area contributed by atoms with Gasteiger partial charge < -0.3 is 43.6 Å². The number of fused-ring (bicyclic) bond motifs is 8. The number of aryl methyl sites for hydroxylation is 1. The highest BCUT2D eigenvalue weighted by atomic mass is 16.7. The Kier molecular flexibility index (Phi) is 11.7. The van der Waals surface area contributed by atoms with Crippen LogP contribution < -0.4 is 5.32 Å². The fourth-order valence-corrected chi connectivity index (χ4v) is 34.1. The standard InChI is InChI=1S/C87H100N2O11/c1-78-37-54-38-80-43-79(26-5-6-27-79)39-58(80)33-57-35-68-81-28-24-48-10-7-11-59(48)62(81)23-18-49-15-21-56(34-63(49)81)84(68)72-70(92)74(93)83(71(54)82(72)44-97-76(94)73(80)86(57,82)100-84)64-31-47(30-46-8-3-2-4-9-46)12-13-50(64)14-19-55-20-16-53-42-96-67(69(53)85(55,78)99-77(95)75-87(78,83)98-75)36-61(66(91)41-90)51-17-22-60-52(32-51)25-29-89-45-88-40-65(60)89/h2-4,8-9,15,18,21,24-25,28-29,35,42,47-48,50-52,54-56,58-66,68,71-75,88,90-91,93H,5-7,10-13,16-17,20,22-23,26-27,30-34,36-41,43-45H2,1H3/t47-,48-,50+,51-,52-,54-,55+,56-,58+,59-,60+,61+,62+,63-,64+,65-,66-,68-,71-,72+,73+,74-,75-,78+,80-,81+,82-,83+,84+,85+,86+,87-/m1/s1. The molecule has 5 saturated heterocycles. The van der Waals surface area contributed by atoms with Crippen molar-refractivity contribution in [2.24, 2.45) is 145 Å². The molecule has 32 atom stereocenters. The molecule has 13 nitrogen and oxygen atoms in total. The summed E-state index contributed by atoms with van der Waals surface area (Å²) >= 11 is 0. The lowest BCUT2D eigenvalue weighted by Crippen LogP contribution is -2.84. The lowest BCUT2D eigenvalue weighted by molar-refractivity contribution is -0.320. The van der Waals surface area contributed by atoms with E-state index in [1.807, 2.05) is 6.26 Å². The summed E-state index contributed by atoms with van der Waals surface area (Å²) in [6.07, 6.45) is 40.4. The van der Waals surface area contributed by atoms with E-state index in [0.717, 1.165) is 114 Å². The van der Waals surface area contributed by atoms with Crippen molar-refractivity contribution in [2.75, 3.05) is 26.4 Å². The van der Waals surface area contributed by atoms with Gasteiger partial charge in [0.15, 0.2) is 17.5 Å². The van der Waals surface area contributed by atoms with Crippen molar-refractivity contribution in [1.82, 2.24) is 10.2 Å². The highest BCUT2D eigenvalue weighted by molar-refractivity contribution is 5.95. The van der Waals surface area contributed by atoms with Crippen LogP contribution in [-0.2, 0) is 58.2 Å². The molecule has 2 aromatic rings. The predicted molar refractivity (Wildman–Crippen MR) is 367 cm³/mol. The molecule has 15 aliphatic carbocycles. The Morgan fingerprint density at radius 2 is 1.76 bits per heavy atom. The van der Waals surface area contributed by atoms with Crippen molar-refractivity contribution in [3.63, 3.8) is 0 Å². The zero-order valence-electron chi connectivity index (χ0n) is 58.2. The van der Waals surface area contributed by atoms with E-state index in [0.29, 0.717) is 73.5 Å². The number of nitrogens with zero attached hydrogens (tertiary/aromatic N) is 1. The van der Waals surface area contributed by atoms with Crippen LogP contribution in [0.15, 0.2) is 101 Å². The highest BCUT2D eigenvalue weighted by Gasteiger charge is 3.02. The Morgan fingerprint density at radius 1 is 0.870 bits per heavy atom. The van der Waals surface area contributed by atoms with Crippen LogP contribution in [-0.4, -0.2) is 106 Å². The number of Topliss-reactive ketones (excluding diaryl/α,β-unsaturated/α-hetero) is 1. The number of furan rings is 1. The minimum absolute atomic E-state index is 0.0270. The molecule has 24 rings (SSSR count). The molecule has 0 amide bonds. The van der Waals surface area contributed by atoms with Crippen molar-refractivity contribution in [3.8, 4) is 11.8 Å². The van der Waals surface area contributed by atoms with E-state index in [1.54, 1.807) is 0 Å². The number of nitrogens with one attached hydrogen (secondary N) is 1. The lowest BCUT2D eigenvalue weighted by atomic mass is 9.27. The summed E-state index contributed by atoms with van der Waals surface area (Å²) in [4.78, 5) is 54.8. The van der Waals surface area contributed by atoms with E-state index < -0.39 is 97.9 Å². The van der Waals surface area contributed by atoms with Gasteiger partial charge in [0.1, 0.15) is 29.7 Å². The van der Waals surface area contributed by atoms with Gasteiger partial charge in [-0.15, -0.1) is 0 Å². The first-order chi connectivity index (χ1) is 48.7. The predicted octanol–water partition coefficient (Wildman–Crippen LogP) is 11.6. The smallest absolute Gasteiger partial charge is 0.339 e. The third-order valence-electron chi connectivity index (χ3n) is 36.4. The molecule has 22 aliphatic rings. The zero-order chi connectivity index (χ0) is 66.4. The molecule has 15 fully saturated rings. The van der Waals surface area contributed by atoms with Crippen molar-refractivity contribution < 1.29 is 53.1 Å². The van der Waals surface area contributed by atoms with Gasteiger partial charge in [-0.1, -0.05) is 111 Å². The van der Waals surface area contributed by atoms with Crippen LogP contribution in [0.25, 0.3) is 0 Å². The number of ketones is 1. The van der Waals surface area contributed by atoms with E-state index in [1.165, 1.54) is 48.8 Å². The van der Waals surface area contributed by atoms with Gasteiger partial charge >= 0.3 is 11.9 Å². The Bertz CT molecular complexity index is 4210. The largest absolute Gasteiger partial charge is 0.469 e. The molecule has 7 aliphatic heterocycles. The van der Waals surface area contributed by atoms with Crippen LogP contribution >= 0.6 is 0 Å². The average Bonchev–Trinajstić information content (AvgIpc) is 1.41. The first-order valence-corrected chi connectivity index (χ1v) is 40.5. The van der Waals surface area contributed by atoms with Gasteiger partial charge in [-0.05, 0) is 245 Å². The summed E-state index contributed by atoms with van der Waals surface area (Å²) in [5, 5.41) is 43.1. The van der Waals surface area contributed by atoms with E-state index in [-0.39, 0.29) is 89.1 Å². The third kappa shape index (κ3) is 6.45. The molecule has 0 unspecified atom stereocenters. The molecular formula is C87H100N2O11. The molecule has 0 radical (unpaired) electrons. The third-order valence-corrected chi connectivity index (χ3v) is 36.4. The Balaban J connectivity index is 0.761. The number of aliphatic hydroxyl groups excluding tert-OH is 3. The number of cyclic esters (lactones) is 1. The second-order valence-corrected chi connectivity index (χ2v) is 38.7. The maximum atomic E-state index is 18.7. The molecule has 1 aromatic carbocycles. The van der Waals surface area contributed by atoms with Crippen molar-refractivity contribution in [2.45, 2.75) is 208 Å². The number of carbonyl (C=O) groups is 3. The number of ether oxygens (including phenoxy) is 4. The lowest BCUT2D eigenvalue weighted by Gasteiger charge is -2.74. The number of carbonyl (C=O) groups excluding carboxylic acids is 3. The van der Waals surface area contributed by atoms with Crippen LogP contribution in [0, 0.1) is 157 Å². The Labute approximate surface area is 587 Å². The van der Waals surface area contributed by atoms with Crippen LogP contribution in [0.1, 0.15) is 164 Å². The van der Waals surface area contributed by atoms with Crippen LogP contribution in [0.5, 0.6) is 0 Å². The van der Waals surface area contributed by atoms with Crippen molar-refractivity contribution in [1.29, 1.82) is 0 Å². The molecule has 524 valence electrons. The van der Waals surface area contributed by atoms with E-state index in [2.05, 4.69) is 108 Å². The SMILES string of the molecule is C[C@]12C[C@@H]3C[C@@]45CC6(CCCC6)C[C@@H]4CC4=C[C@@H]6[C@@]78C=C[C@H]9CCC[C@H]9[C@@H]7CC=C7C=C[C@H](C[C@H]78)[C@]67O[C@]46[C@H]5C(=O)OC[C@@]64[C@@H]7C(=O)[C@@H](O)[C@@]5([C@H]34)[C@H]3C[C@@H](Cc4ccccc4)CC[C@H]3C#C[C@H]3CCc4coc(C[C@@H]([C@@H]6CC[C@H]7[C@H](C=CN8CNC[C@H]78)C6)[C@H](O)CO)c4[C@@]31OC(=O)[C@H]1O[C@@]152. The van der Waals surface area contributed by atoms with Crippen LogP contribution in [0.4, 0.5) is 0 Å². The van der Waals surface area contributed by atoms with E-state index >= 15 is 19.5 Å². The van der Waals surface area contributed by atoms with Crippen molar-refractivity contribution in [3.05, 3.63) is 119 Å². The van der Waals surface area contributed by atoms with Crippen LogP contribution in [0.2, 0.25) is 0 Å². The number of epoxide rings is 1. The topological polar surface area (TPSA) is 181 Å². The number of hydrogen-bond acceptors (Lipinski definition) is 13. The van der Waals surface area contributed by atoms with E-state index in [9.17, 15) is 14.9 Å². The fourth-order valence-electron chi connectivity index (χ4n) is 34.1. The summed E-state index contributed by atoms with van der Waals surface area (Å²) in [5.41, 5.74) is -4.09. The Morgan fingerprint density at radius 3 is 2.64 bits per heavy atom. The zero-order valence-corrected chi connectivity index (χ0v) is 58.2. The first-order valence-electron chi connectivity index (χ1n) is 40.5. The summed E-state index contributed by atoms with van der Waals surface area (Å²) in [6, 6.07) is 11.3. The molecule has 8 heterocycles. The van der Waals surface area contributed by atoms with Gasteiger partial charge in [-0.3, -0.25) is 14.9 Å². The fraction of sp³-hybridized carbons (Fsp3) is 0.713. The molecule has 13 heteroatoms. The summed E-state index contributed by atoms with van der Waals surface area (Å²) < 4.78 is 39.7. The normalized spacial score (nSPS) is 54.5. The maximum Gasteiger partial charge on any atom is 0.339 e. The molecule has 11 bridgehead atoms. The van der Waals surface area contributed by atoms with Crippen molar-refractivity contribution >= 4 is 17.7 Å². The maximum absolute atomic E-state index is 18.7. The number of hydrogen-bond donors (Lipinski definition) is 4. The van der Waals surface area contributed by atoms with Gasteiger partial charge in [-0.25, -0.2) is 4.79 Å². The quantitative estimate of drug-likeness (QED) is 0.0891. The molecule has 10 saturated carbocycles.